The number of imidazole rings is 1. The molecule has 3 rings (SSSR count). The van der Waals surface area contributed by atoms with Gasteiger partial charge in [-0.2, -0.15) is 0 Å². The zero-order chi connectivity index (χ0) is 12.7. The minimum atomic E-state index is -0.164. The fraction of sp³-hybridized carbons (Fsp3) is 0.500. The number of pyridine rings is 1. The van der Waals surface area contributed by atoms with Gasteiger partial charge in [0.2, 0.25) is 0 Å². The maximum atomic E-state index is 9.57. The molecule has 2 N–H and O–H groups in total. The Kier molecular flexibility index (Phi) is 3.13. The molecule has 96 valence electrons. The van der Waals surface area contributed by atoms with Crippen molar-refractivity contribution in [1.82, 2.24) is 14.5 Å². The summed E-state index contributed by atoms with van der Waals surface area (Å²) in [5.41, 5.74) is 1.73. The first-order valence-corrected chi connectivity index (χ1v) is 6.87. The summed E-state index contributed by atoms with van der Waals surface area (Å²) in [5.74, 6) is 0. The number of nitrogens with one attached hydrogen (secondary N) is 1. The Balaban J connectivity index is 2.06. The van der Waals surface area contributed by atoms with E-state index in [0.29, 0.717) is 15.8 Å². The summed E-state index contributed by atoms with van der Waals surface area (Å²) in [4.78, 5) is 7.51. The van der Waals surface area contributed by atoms with Crippen LogP contribution in [0.1, 0.15) is 31.7 Å². The van der Waals surface area contributed by atoms with Crippen molar-refractivity contribution in [3.05, 3.63) is 22.1 Å². The van der Waals surface area contributed by atoms with Crippen LogP contribution < -0.4 is 0 Å². The summed E-state index contributed by atoms with van der Waals surface area (Å²) in [6, 6.07) is 2.16. The highest BCUT2D eigenvalue weighted by molar-refractivity contribution is 7.71. The van der Waals surface area contributed by atoms with Crippen LogP contribution in [0.25, 0.3) is 11.2 Å². The zero-order valence-electron chi connectivity index (χ0n) is 9.77. The Hall–Kier alpha value is -0.910. The van der Waals surface area contributed by atoms with Gasteiger partial charge < -0.3 is 10.1 Å². The van der Waals surface area contributed by atoms with Crippen molar-refractivity contribution in [2.75, 3.05) is 0 Å². The molecule has 0 radical (unpaired) electrons. The summed E-state index contributed by atoms with van der Waals surface area (Å²) in [6.07, 6.45) is 5.00. The third kappa shape index (κ3) is 2.06. The molecule has 18 heavy (non-hydrogen) atoms. The van der Waals surface area contributed by atoms with Gasteiger partial charge in [-0.1, -0.05) is 11.6 Å². The molecule has 2 aromatic heterocycles. The molecule has 4 nitrogen and oxygen atoms in total. The van der Waals surface area contributed by atoms with Crippen LogP contribution in [0.5, 0.6) is 0 Å². The molecule has 0 bridgehead atoms. The Bertz CT molecular complexity index is 628. The van der Waals surface area contributed by atoms with E-state index in [1.54, 1.807) is 6.20 Å². The number of hydrogen-bond acceptors (Lipinski definition) is 3. The Morgan fingerprint density at radius 2 is 2.11 bits per heavy atom. The van der Waals surface area contributed by atoms with E-state index >= 15 is 0 Å². The minimum absolute atomic E-state index is 0.164. The summed E-state index contributed by atoms with van der Waals surface area (Å²) >= 11 is 11.3. The van der Waals surface area contributed by atoms with E-state index in [2.05, 4.69) is 14.5 Å². The molecule has 1 aliphatic carbocycles. The molecule has 0 aliphatic heterocycles. The van der Waals surface area contributed by atoms with Gasteiger partial charge in [-0.05, 0) is 44.0 Å². The molecular formula is C12H14ClN3OS. The van der Waals surface area contributed by atoms with Gasteiger partial charge in [0.15, 0.2) is 10.4 Å². The summed E-state index contributed by atoms with van der Waals surface area (Å²) in [7, 11) is 0. The number of rotatable bonds is 1. The predicted molar refractivity (Wildman–Crippen MR) is 73.4 cm³/mol. The summed E-state index contributed by atoms with van der Waals surface area (Å²) in [6.45, 7) is 0. The van der Waals surface area contributed by atoms with E-state index in [1.807, 2.05) is 6.07 Å². The van der Waals surface area contributed by atoms with E-state index in [9.17, 15) is 5.11 Å². The standard InChI is InChI=1S/C12H14ClN3OS/c13-7-5-10-11(14-6-7)16(12(18)15-10)8-1-3-9(17)4-2-8/h5-6,8-9,17H,1-4H2,(H,15,18). The van der Waals surface area contributed by atoms with Gasteiger partial charge in [-0.3, -0.25) is 4.57 Å². The normalized spacial score (nSPS) is 24.6. The lowest BCUT2D eigenvalue weighted by Gasteiger charge is -2.26. The summed E-state index contributed by atoms with van der Waals surface area (Å²) in [5, 5.41) is 10.2. The van der Waals surface area contributed by atoms with Gasteiger partial charge in [0, 0.05) is 12.2 Å². The highest BCUT2D eigenvalue weighted by Gasteiger charge is 2.23. The van der Waals surface area contributed by atoms with Crippen molar-refractivity contribution in [2.45, 2.75) is 37.8 Å². The van der Waals surface area contributed by atoms with Crippen LogP contribution in [0, 0.1) is 4.77 Å². The molecule has 1 saturated carbocycles. The van der Waals surface area contributed by atoms with Crippen molar-refractivity contribution in [3.8, 4) is 0 Å². The molecule has 0 amide bonds. The fourth-order valence-electron chi connectivity index (χ4n) is 2.64. The van der Waals surface area contributed by atoms with Crippen molar-refractivity contribution < 1.29 is 5.11 Å². The molecule has 2 aromatic rings. The van der Waals surface area contributed by atoms with Crippen molar-refractivity contribution >= 4 is 35.0 Å². The van der Waals surface area contributed by atoms with E-state index < -0.39 is 0 Å². The molecule has 2 heterocycles. The van der Waals surface area contributed by atoms with Gasteiger partial charge in [-0.25, -0.2) is 4.98 Å². The van der Waals surface area contributed by atoms with Gasteiger partial charge in [0.1, 0.15) is 0 Å². The third-order valence-electron chi connectivity index (χ3n) is 3.55. The van der Waals surface area contributed by atoms with Crippen molar-refractivity contribution in [1.29, 1.82) is 0 Å². The predicted octanol–water partition coefficient (Wildman–Crippen LogP) is 3.22. The first-order valence-electron chi connectivity index (χ1n) is 6.09. The topological polar surface area (TPSA) is 53.8 Å². The van der Waals surface area contributed by atoms with Crippen LogP contribution >= 0.6 is 23.8 Å². The molecule has 0 atom stereocenters. The second kappa shape index (κ2) is 4.64. The quantitative estimate of drug-likeness (QED) is 0.790. The van der Waals surface area contributed by atoms with Gasteiger partial charge in [0.05, 0.1) is 16.6 Å². The van der Waals surface area contributed by atoms with Crippen molar-refractivity contribution in [2.24, 2.45) is 0 Å². The van der Waals surface area contributed by atoms with Crippen LogP contribution in [-0.2, 0) is 0 Å². The lowest BCUT2D eigenvalue weighted by molar-refractivity contribution is 0.111. The number of H-pyrrole nitrogens is 1. The van der Waals surface area contributed by atoms with Gasteiger partial charge in [0.25, 0.3) is 0 Å². The van der Waals surface area contributed by atoms with E-state index in [0.717, 1.165) is 36.8 Å². The number of halogens is 1. The third-order valence-corrected chi connectivity index (χ3v) is 4.06. The lowest BCUT2D eigenvalue weighted by atomic mass is 9.93. The molecule has 1 aliphatic rings. The Morgan fingerprint density at radius 3 is 2.83 bits per heavy atom. The smallest absolute Gasteiger partial charge is 0.179 e. The number of aliphatic hydroxyl groups excluding tert-OH is 1. The maximum Gasteiger partial charge on any atom is 0.179 e. The van der Waals surface area contributed by atoms with Crippen LogP contribution in [0.15, 0.2) is 12.3 Å². The van der Waals surface area contributed by atoms with Crippen LogP contribution in [-0.4, -0.2) is 25.7 Å². The highest BCUT2D eigenvalue weighted by atomic mass is 35.5. The van der Waals surface area contributed by atoms with E-state index in [1.165, 1.54) is 0 Å². The molecule has 0 saturated heterocycles. The first-order chi connectivity index (χ1) is 8.65. The molecule has 6 heteroatoms. The number of hydrogen-bond donors (Lipinski definition) is 2. The lowest BCUT2D eigenvalue weighted by Crippen LogP contribution is -2.21. The zero-order valence-corrected chi connectivity index (χ0v) is 11.3. The van der Waals surface area contributed by atoms with Crippen LogP contribution in [0.4, 0.5) is 0 Å². The van der Waals surface area contributed by atoms with Crippen LogP contribution in [0.2, 0.25) is 5.02 Å². The fourth-order valence-corrected chi connectivity index (χ4v) is 3.15. The minimum Gasteiger partial charge on any atom is -0.393 e. The van der Waals surface area contributed by atoms with Crippen molar-refractivity contribution in [3.63, 3.8) is 0 Å². The first kappa shape index (κ1) is 12.1. The van der Waals surface area contributed by atoms with Gasteiger partial charge in [-0.15, -0.1) is 0 Å². The second-order valence-electron chi connectivity index (χ2n) is 4.79. The monoisotopic (exact) mass is 283 g/mol. The average Bonchev–Trinajstić information content (AvgIpc) is 2.65. The Morgan fingerprint density at radius 1 is 1.39 bits per heavy atom. The SMILES string of the molecule is OC1CCC(n2c(=S)[nH]c3cc(Cl)cnc32)CC1. The summed E-state index contributed by atoms with van der Waals surface area (Å²) < 4.78 is 2.74. The molecular weight excluding hydrogens is 270 g/mol. The second-order valence-corrected chi connectivity index (χ2v) is 5.61. The molecule has 0 aromatic carbocycles. The maximum absolute atomic E-state index is 9.57. The number of nitrogens with zero attached hydrogens (tertiary/aromatic N) is 2. The molecule has 1 fully saturated rings. The largest absolute Gasteiger partial charge is 0.393 e. The highest BCUT2D eigenvalue weighted by Crippen LogP contribution is 2.31. The number of aliphatic hydroxyl groups is 1. The van der Waals surface area contributed by atoms with E-state index in [4.69, 9.17) is 23.8 Å². The Labute approximate surface area is 115 Å². The van der Waals surface area contributed by atoms with Crippen LogP contribution in [0.3, 0.4) is 0 Å². The number of aromatic amines is 1. The number of aromatic nitrogens is 3. The molecule has 0 spiro atoms. The molecule has 0 unspecified atom stereocenters. The van der Waals surface area contributed by atoms with Gasteiger partial charge >= 0.3 is 0 Å². The van der Waals surface area contributed by atoms with E-state index in [-0.39, 0.29) is 6.10 Å². The average molecular weight is 284 g/mol. The number of fused-ring (bicyclic) bond motifs is 1.